The average Bonchev–Trinajstić information content (AvgIpc) is 2.61. The van der Waals surface area contributed by atoms with E-state index in [1.54, 1.807) is 0 Å². The van der Waals surface area contributed by atoms with Gasteiger partial charge in [-0.1, -0.05) is 60.7 Å². The first-order chi connectivity index (χ1) is 12.6. The van der Waals surface area contributed by atoms with Crippen LogP contribution in [0, 0.1) is 0 Å². The van der Waals surface area contributed by atoms with Crippen LogP contribution in [-0.4, -0.2) is 36.0 Å². The van der Waals surface area contributed by atoms with Gasteiger partial charge in [0.1, 0.15) is 5.97 Å². The van der Waals surface area contributed by atoms with E-state index in [1.165, 1.54) is 5.56 Å². The Labute approximate surface area is 183 Å². The Morgan fingerprint density at radius 2 is 1.39 bits per heavy atom. The summed E-state index contributed by atoms with van der Waals surface area (Å²) in [5.41, 5.74) is 7.86. The number of primary amides is 1. The number of hydrogen-bond acceptors (Lipinski definition) is 4. The number of nitrogens with two attached hydrogens (primary N) is 1. The fourth-order valence-corrected chi connectivity index (χ4v) is 2.29. The monoisotopic (exact) mass is 404 g/mol. The molecule has 0 heterocycles. The minimum Gasteiger partial charge on any atom is -0.542 e. The molecule has 5 nitrogen and oxygen atoms in total. The van der Waals surface area contributed by atoms with Crippen LogP contribution >= 0.6 is 0 Å². The molecule has 0 radical (unpaired) electrons. The molecule has 0 aliphatic heterocycles. The number of carboxylic acid groups (broad SMARTS) is 1. The third-order valence-electron chi connectivity index (χ3n) is 3.64. The SMILES string of the molecule is CN(Cc1ccccc1)[C@@H](Cc1ccccc1)C(N)=O.O=C([O-])C(F)(F)F.[Na+]. The van der Waals surface area contributed by atoms with Crippen molar-refractivity contribution in [2.75, 3.05) is 7.05 Å². The standard InChI is InChI=1S/C17H20N2O.C2HF3O2.Na/c1-19(13-15-10-6-3-7-11-15)16(17(18)20)12-14-8-4-2-5-9-14;3-2(4,5)1(6)7;/h2-11,16H,12-13H2,1H3,(H2,18,20);(H,6,7);/q;;+1/p-1/t16-;;/m0../s1. The van der Waals surface area contributed by atoms with Crippen molar-refractivity contribution in [3.8, 4) is 0 Å². The van der Waals surface area contributed by atoms with E-state index in [9.17, 15) is 18.0 Å². The van der Waals surface area contributed by atoms with Crippen LogP contribution in [0.5, 0.6) is 0 Å². The smallest absolute Gasteiger partial charge is 0.542 e. The number of likely N-dealkylation sites (N-methyl/N-ethyl adjacent to an activating group) is 1. The molecule has 9 heteroatoms. The molecule has 0 saturated heterocycles. The van der Waals surface area contributed by atoms with E-state index in [0.29, 0.717) is 13.0 Å². The molecule has 2 aromatic rings. The van der Waals surface area contributed by atoms with Gasteiger partial charge < -0.3 is 15.6 Å². The summed E-state index contributed by atoms with van der Waals surface area (Å²) in [4.78, 5) is 22.5. The van der Waals surface area contributed by atoms with E-state index in [2.05, 4.69) is 12.1 Å². The van der Waals surface area contributed by atoms with Gasteiger partial charge in [-0.2, -0.15) is 13.2 Å². The average molecular weight is 404 g/mol. The summed E-state index contributed by atoms with van der Waals surface area (Å²) in [7, 11) is 1.94. The zero-order chi connectivity index (χ0) is 20.4. The molecule has 2 aromatic carbocycles. The van der Waals surface area contributed by atoms with E-state index in [0.717, 1.165) is 5.56 Å². The van der Waals surface area contributed by atoms with Gasteiger partial charge in [-0.05, 0) is 24.6 Å². The molecular formula is C19H20F3N2NaO3. The van der Waals surface area contributed by atoms with Crippen LogP contribution in [0.15, 0.2) is 60.7 Å². The first-order valence-electron chi connectivity index (χ1n) is 7.97. The Balaban J connectivity index is 0.000000786. The Bertz CT molecular complexity index is 728. The third-order valence-corrected chi connectivity index (χ3v) is 3.64. The topological polar surface area (TPSA) is 86.5 Å². The number of carbonyl (C=O) groups is 2. The second kappa shape index (κ2) is 12.6. The zero-order valence-electron chi connectivity index (χ0n) is 15.6. The molecule has 0 fully saturated rings. The molecule has 0 unspecified atom stereocenters. The number of alkyl halides is 3. The van der Waals surface area contributed by atoms with Crippen molar-refractivity contribution in [3.05, 3.63) is 71.8 Å². The third kappa shape index (κ3) is 9.89. The molecular weight excluding hydrogens is 384 g/mol. The Morgan fingerprint density at radius 3 is 1.75 bits per heavy atom. The van der Waals surface area contributed by atoms with Gasteiger partial charge in [0.15, 0.2) is 0 Å². The van der Waals surface area contributed by atoms with Crippen molar-refractivity contribution in [1.82, 2.24) is 4.90 Å². The van der Waals surface area contributed by atoms with Gasteiger partial charge in [0.25, 0.3) is 0 Å². The zero-order valence-corrected chi connectivity index (χ0v) is 17.6. The number of aliphatic carboxylic acids is 1. The molecule has 0 aromatic heterocycles. The minimum absolute atomic E-state index is 0. The van der Waals surface area contributed by atoms with Gasteiger partial charge in [0.05, 0.1) is 6.04 Å². The van der Waals surface area contributed by atoms with Crippen LogP contribution in [0.1, 0.15) is 11.1 Å². The maximum Gasteiger partial charge on any atom is 1.00 e. The first-order valence-corrected chi connectivity index (χ1v) is 7.97. The summed E-state index contributed by atoms with van der Waals surface area (Å²) in [6.07, 6.45) is -4.56. The van der Waals surface area contributed by atoms with Crippen LogP contribution in [0.4, 0.5) is 13.2 Å². The number of benzene rings is 2. The second-order valence-corrected chi connectivity index (χ2v) is 5.79. The summed E-state index contributed by atoms with van der Waals surface area (Å²) >= 11 is 0. The predicted octanol–water partition coefficient (Wildman–Crippen LogP) is -1.48. The maximum atomic E-state index is 11.7. The molecule has 1 atom stereocenters. The van der Waals surface area contributed by atoms with Crippen LogP contribution in [0.3, 0.4) is 0 Å². The van der Waals surface area contributed by atoms with Crippen LogP contribution in [0.25, 0.3) is 0 Å². The van der Waals surface area contributed by atoms with E-state index < -0.39 is 12.1 Å². The number of halogens is 3. The van der Waals surface area contributed by atoms with Crippen molar-refractivity contribution < 1.29 is 57.4 Å². The van der Waals surface area contributed by atoms with Gasteiger partial charge in [-0.25, -0.2) is 0 Å². The number of carboxylic acids is 1. The largest absolute Gasteiger partial charge is 1.00 e. The number of carbonyl (C=O) groups excluding carboxylic acids is 2. The van der Waals surface area contributed by atoms with Crippen molar-refractivity contribution in [3.63, 3.8) is 0 Å². The second-order valence-electron chi connectivity index (χ2n) is 5.79. The van der Waals surface area contributed by atoms with Gasteiger partial charge in [0, 0.05) is 6.54 Å². The first kappa shape index (κ1) is 26.1. The fourth-order valence-electron chi connectivity index (χ4n) is 2.29. The van der Waals surface area contributed by atoms with Crippen LogP contribution in [0.2, 0.25) is 0 Å². The number of amides is 1. The summed E-state index contributed by atoms with van der Waals surface area (Å²) in [6.45, 7) is 0.710. The van der Waals surface area contributed by atoms with Gasteiger partial charge in [0.2, 0.25) is 5.91 Å². The summed E-state index contributed by atoms with van der Waals surface area (Å²) in [5.74, 6) is -3.29. The molecule has 0 bridgehead atoms. The fraction of sp³-hybridized carbons (Fsp3) is 0.263. The Morgan fingerprint density at radius 1 is 1.00 bits per heavy atom. The summed E-state index contributed by atoms with van der Waals surface area (Å²) in [5, 5.41) is 8.78. The predicted molar refractivity (Wildman–Crippen MR) is 92.1 cm³/mol. The van der Waals surface area contributed by atoms with Gasteiger partial charge in [-0.15, -0.1) is 0 Å². The number of rotatable bonds is 6. The minimum atomic E-state index is -5.19. The Hall–Kier alpha value is -1.87. The van der Waals surface area contributed by atoms with E-state index in [4.69, 9.17) is 15.6 Å². The molecule has 146 valence electrons. The quantitative estimate of drug-likeness (QED) is 0.595. The van der Waals surface area contributed by atoms with E-state index in [-0.39, 0.29) is 41.5 Å². The molecule has 1 amide bonds. The van der Waals surface area contributed by atoms with Crippen molar-refractivity contribution in [2.45, 2.75) is 25.2 Å². The molecule has 0 aliphatic carbocycles. The normalized spacial score (nSPS) is 11.6. The van der Waals surface area contributed by atoms with Crippen LogP contribution in [-0.2, 0) is 22.6 Å². The molecule has 2 N–H and O–H groups in total. The van der Waals surface area contributed by atoms with Gasteiger partial charge >= 0.3 is 35.7 Å². The van der Waals surface area contributed by atoms with E-state index in [1.807, 2.05) is 60.5 Å². The Kier molecular flexibility index (Phi) is 11.7. The summed E-state index contributed by atoms with van der Waals surface area (Å²) < 4.78 is 31.5. The molecule has 0 spiro atoms. The van der Waals surface area contributed by atoms with Crippen molar-refractivity contribution in [1.29, 1.82) is 0 Å². The number of hydrogen-bond donors (Lipinski definition) is 1. The van der Waals surface area contributed by atoms with Crippen molar-refractivity contribution in [2.24, 2.45) is 5.73 Å². The van der Waals surface area contributed by atoms with Crippen molar-refractivity contribution >= 4 is 11.9 Å². The molecule has 2 rings (SSSR count). The maximum absolute atomic E-state index is 11.7. The van der Waals surface area contributed by atoms with Crippen LogP contribution < -0.4 is 40.4 Å². The molecule has 28 heavy (non-hydrogen) atoms. The van der Waals surface area contributed by atoms with Gasteiger partial charge in [-0.3, -0.25) is 9.69 Å². The van der Waals surface area contributed by atoms with E-state index >= 15 is 0 Å². The number of nitrogens with zero attached hydrogens (tertiary/aromatic N) is 1. The molecule has 0 saturated carbocycles. The molecule has 0 aliphatic rings. The summed E-state index contributed by atoms with van der Waals surface area (Å²) in [6, 6.07) is 19.8.